The van der Waals surface area contributed by atoms with E-state index < -0.39 is 65.4 Å². The zero-order chi connectivity index (χ0) is 32.6. The summed E-state index contributed by atoms with van der Waals surface area (Å²) in [6.45, 7) is 4.21. The molecule has 7 unspecified atom stereocenters. The molecule has 0 saturated carbocycles. The first-order valence-corrected chi connectivity index (χ1v) is 15.6. The van der Waals surface area contributed by atoms with E-state index in [0.717, 1.165) is 25.7 Å². The van der Waals surface area contributed by atoms with Gasteiger partial charge in [0.25, 0.3) is 0 Å². The summed E-state index contributed by atoms with van der Waals surface area (Å²) in [5.41, 5.74) is 4.15. The van der Waals surface area contributed by atoms with Crippen molar-refractivity contribution in [3.05, 3.63) is 51.6 Å². The Balaban J connectivity index is 1.56. The molecular formula is C33H44N2O10. The van der Waals surface area contributed by atoms with Gasteiger partial charge in [-0.2, -0.15) is 0 Å². The standard InChI is InChI=1S/C33H44N2O10/c1-16-28(37)20(34)13-23(44-16)45-22-15-33(42,17(2)35-11-6-4-5-7-12-36)14-19-25(22)32(41)27-26(30(19)39)29(38)18-9-8-10-21(43-3)24(18)31(27)40/h8-10,16-17,20,22-23,28,35-37,39,41-42H,4-7,11-15,34H2,1-3H3. The van der Waals surface area contributed by atoms with E-state index >= 15 is 0 Å². The fourth-order valence-electron chi connectivity index (χ4n) is 6.85. The highest BCUT2D eigenvalue weighted by atomic mass is 16.7. The molecule has 3 aliphatic rings. The molecule has 0 spiro atoms. The number of hydrogen-bond acceptors (Lipinski definition) is 12. The van der Waals surface area contributed by atoms with E-state index in [2.05, 4.69) is 5.32 Å². The number of rotatable bonds is 11. The monoisotopic (exact) mass is 628 g/mol. The second-order valence-electron chi connectivity index (χ2n) is 12.5. The second kappa shape index (κ2) is 13.3. The Bertz CT molecular complexity index is 1440. The van der Waals surface area contributed by atoms with Crippen molar-refractivity contribution in [1.82, 2.24) is 5.32 Å². The van der Waals surface area contributed by atoms with Crippen molar-refractivity contribution in [2.75, 3.05) is 20.3 Å². The van der Waals surface area contributed by atoms with Gasteiger partial charge >= 0.3 is 0 Å². The highest BCUT2D eigenvalue weighted by Gasteiger charge is 2.49. The molecule has 2 aliphatic carbocycles. The Morgan fingerprint density at radius 1 is 1.09 bits per heavy atom. The lowest BCUT2D eigenvalue weighted by Gasteiger charge is -2.45. The number of aliphatic hydroxyl groups is 3. The van der Waals surface area contributed by atoms with Crippen LogP contribution < -0.4 is 15.8 Å². The second-order valence-corrected chi connectivity index (χ2v) is 12.5. The molecule has 45 heavy (non-hydrogen) atoms. The van der Waals surface area contributed by atoms with Crippen LogP contribution in [0.15, 0.2) is 18.2 Å². The van der Waals surface area contributed by atoms with Gasteiger partial charge in [-0.05, 0) is 39.3 Å². The van der Waals surface area contributed by atoms with Gasteiger partial charge in [0.1, 0.15) is 17.2 Å². The van der Waals surface area contributed by atoms with Crippen LogP contribution in [-0.2, 0) is 15.9 Å². The number of hydrogen-bond donors (Lipinski definition) is 7. The third kappa shape index (κ3) is 6.08. The number of phenolic OH excluding ortho intramolecular Hbond substituents is 2. The lowest BCUT2D eigenvalue weighted by atomic mass is 9.71. The van der Waals surface area contributed by atoms with Crippen LogP contribution >= 0.6 is 0 Å². The maximum Gasteiger partial charge on any atom is 0.202 e. The number of ether oxygens (including phenoxy) is 3. The minimum absolute atomic E-state index is 0.0156. The van der Waals surface area contributed by atoms with E-state index in [-0.39, 0.29) is 65.0 Å². The minimum Gasteiger partial charge on any atom is -0.507 e. The molecule has 2 aromatic rings. The first kappa shape index (κ1) is 33.3. The number of aliphatic hydroxyl groups excluding tert-OH is 2. The molecule has 246 valence electrons. The lowest BCUT2D eigenvalue weighted by Crippen LogP contribution is -2.55. The number of methoxy groups -OCH3 is 1. The van der Waals surface area contributed by atoms with Crippen LogP contribution in [0.4, 0.5) is 0 Å². The van der Waals surface area contributed by atoms with Crippen molar-refractivity contribution in [3.8, 4) is 17.2 Å². The smallest absolute Gasteiger partial charge is 0.202 e. The highest BCUT2D eigenvalue weighted by molar-refractivity contribution is 6.31. The molecule has 1 heterocycles. The Morgan fingerprint density at radius 2 is 1.80 bits per heavy atom. The molecule has 12 nitrogen and oxygen atoms in total. The van der Waals surface area contributed by atoms with Crippen molar-refractivity contribution in [2.24, 2.45) is 5.73 Å². The van der Waals surface area contributed by atoms with Crippen LogP contribution in [-0.4, -0.2) is 93.5 Å². The summed E-state index contributed by atoms with van der Waals surface area (Å²) in [5, 5.41) is 58.2. The van der Waals surface area contributed by atoms with E-state index in [9.17, 15) is 30.0 Å². The van der Waals surface area contributed by atoms with Crippen LogP contribution in [0.1, 0.15) is 101 Å². The summed E-state index contributed by atoms with van der Waals surface area (Å²) in [6, 6.07) is 3.41. The van der Waals surface area contributed by atoms with E-state index in [1.54, 1.807) is 13.0 Å². The molecule has 0 bridgehead atoms. The summed E-state index contributed by atoms with van der Waals surface area (Å²) >= 11 is 0. The first-order chi connectivity index (χ1) is 21.4. The van der Waals surface area contributed by atoms with Crippen molar-refractivity contribution in [3.63, 3.8) is 0 Å². The summed E-state index contributed by atoms with van der Waals surface area (Å²) in [7, 11) is 1.37. The molecule has 1 fully saturated rings. The molecule has 1 aliphatic heterocycles. The molecule has 2 aromatic carbocycles. The molecule has 8 N–H and O–H groups in total. The molecule has 5 rings (SSSR count). The van der Waals surface area contributed by atoms with Gasteiger partial charge in [0.05, 0.1) is 47.7 Å². The molecule has 1 saturated heterocycles. The van der Waals surface area contributed by atoms with Gasteiger partial charge in [-0.25, -0.2) is 0 Å². The molecular weight excluding hydrogens is 584 g/mol. The summed E-state index contributed by atoms with van der Waals surface area (Å²) in [6.07, 6.45) is -0.292. The summed E-state index contributed by atoms with van der Waals surface area (Å²) in [5.74, 6) is -2.20. The number of carbonyl (C=O) groups is 2. The molecule has 0 radical (unpaired) electrons. The molecule has 0 aromatic heterocycles. The summed E-state index contributed by atoms with van der Waals surface area (Å²) in [4.78, 5) is 27.6. The largest absolute Gasteiger partial charge is 0.507 e. The fourth-order valence-corrected chi connectivity index (χ4v) is 6.85. The number of fused-ring (bicyclic) bond motifs is 3. The Labute approximate surface area is 262 Å². The number of unbranched alkanes of at least 4 members (excludes halogenated alkanes) is 3. The van der Waals surface area contributed by atoms with Gasteiger partial charge < -0.3 is 50.8 Å². The predicted molar refractivity (Wildman–Crippen MR) is 163 cm³/mol. The van der Waals surface area contributed by atoms with Crippen molar-refractivity contribution < 1.29 is 49.3 Å². The van der Waals surface area contributed by atoms with Crippen LogP contribution in [0.2, 0.25) is 0 Å². The first-order valence-electron chi connectivity index (χ1n) is 15.6. The third-order valence-electron chi connectivity index (χ3n) is 9.51. The van der Waals surface area contributed by atoms with Crippen molar-refractivity contribution in [1.29, 1.82) is 0 Å². The Hall–Kier alpha value is -3.10. The maximum absolute atomic E-state index is 13.9. The average Bonchev–Trinajstić information content (AvgIpc) is 3.01. The van der Waals surface area contributed by atoms with Crippen LogP contribution in [0.5, 0.6) is 17.2 Å². The normalized spacial score (nSPS) is 28.3. The van der Waals surface area contributed by atoms with Crippen molar-refractivity contribution >= 4 is 11.6 Å². The summed E-state index contributed by atoms with van der Waals surface area (Å²) < 4.78 is 17.6. The molecule has 12 heteroatoms. The van der Waals surface area contributed by atoms with Gasteiger partial charge in [-0.15, -0.1) is 0 Å². The highest BCUT2D eigenvalue weighted by Crippen LogP contribution is 2.53. The number of nitrogens with two attached hydrogens (primary N) is 1. The average molecular weight is 629 g/mol. The predicted octanol–water partition coefficient (Wildman–Crippen LogP) is 1.97. The fraction of sp³-hybridized carbons (Fsp3) is 0.576. The number of nitrogens with one attached hydrogen (secondary N) is 1. The Morgan fingerprint density at radius 3 is 2.49 bits per heavy atom. The van der Waals surface area contributed by atoms with Gasteiger partial charge in [0, 0.05) is 54.6 Å². The van der Waals surface area contributed by atoms with Crippen molar-refractivity contribution in [2.45, 2.75) is 101 Å². The topological polar surface area (TPSA) is 201 Å². The number of phenols is 2. The van der Waals surface area contributed by atoms with Crippen LogP contribution in [0, 0.1) is 0 Å². The molecule has 7 atom stereocenters. The maximum atomic E-state index is 13.9. The van der Waals surface area contributed by atoms with Crippen LogP contribution in [0.3, 0.4) is 0 Å². The van der Waals surface area contributed by atoms with Gasteiger partial charge in [0.2, 0.25) is 5.78 Å². The number of aromatic hydroxyl groups is 2. The van der Waals surface area contributed by atoms with E-state index in [1.807, 2.05) is 6.92 Å². The van der Waals surface area contributed by atoms with E-state index in [1.165, 1.54) is 19.2 Å². The lowest BCUT2D eigenvalue weighted by molar-refractivity contribution is -0.248. The quantitative estimate of drug-likeness (QED) is 0.120. The number of carbonyl (C=O) groups excluding carboxylic acids is 2. The van der Waals surface area contributed by atoms with E-state index in [0.29, 0.717) is 6.54 Å². The zero-order valence-electron chi connectivity index (χ0n) is 25.9. The van der Waals surface area contributed by atoms with Gasteiger partial charge in [-0.3, -0.25) is 9.59 Å². The zero-order valence-corrected chi connectivity index (χ0v) is 25.9. The van der Waals surface area contributed by atoms with Gasteiger partial charge in [-0.1, -0.05) is 25.0 Å². The third-order valence-corrected chi connectivity index (χ3v) is 9.51. The Kier molecular flexibility index (Phi) is 9.85. The minimum atomic E-state index is -1.51. The molecule has 0 amide bonds. The SMILES string of the molecule is COc1cccc2c1C(=O)c1c(O)c3c(c(O)c1C2=O)CC(O)(C(C)NCCCCCCO)CC3OC1CC(N)C(O)C(C)O1. The number of benzene rings is 2. The van der Waals surface area contributed by atoms with Crippen LogP contribution in [0.25, 0.3) is 0 Å². The van der Waals surface area contributed by atoms with E-state index in [4.69, 9.17) is 25.1 Å². The number of ketones is 2. The van der Waals surface area contributed by atoms with Gasteiger partial charge in [0.15, 0.2) is 12.1 Å².